The van der Waals surface area contributed by atoms with E-state index in [-0.39, 0.29) is 10.6 Å². The zero-order valence-electron chi connectivity index (χ0n) is 17.5. The number of carbonyl (C=O) groups is 1. The monoisotopic (exact) mass is 454 g/mol. The van der Waals surface area contributed by atoms with Crippen LogP contribution in [-0.2, 0) is 10.0 Å². The molecule has 0 amide bonds. The van der Waals surface area contributed by atoms with E-state index >= 15 is 0 Å². The molecule has 1 N–H and O–H groups in total. The van der Waals surface area contributed by atoms with E-state index in [1.54, 1.807) is 60.7 Å². The van der Waals surface area contributed by atoms with Crippen LogP contribution < -0.4 is 19.0 Å². The molecule has 8 nitrogen and oxygen atoms in total. The van der Waals surface area contributed by atoms with Crippen molar-refractivity contribution >= 4 is 22.2 Å². The first kappa shape index (κ1) is 22.8. The van der Waals surface area contributed by atoms with Crippen molar-refractivity contribution < 1.29 is 27.4 Å². The summed E-state index contributed by atoms with van der Waals surface area (Å²) >= 11 is 0. The molecule has 0 bridgehead atoms. The van der Waals surface area contributed by atoms with Gasteiger partial charge in [-0.05, 0) is 67.1 Å². The summed E-state index contributed by atoms with van der Waals surface area (Å²) in [7, 11) is -2.33. The molecule has 0 aliphatic carbocycles. The van der Waals surface area contributed by atoms with E-state index in [1.165, 1.54) is 25.5 Å². The zero-order chi connectivity index (χ0) is 23.0. The molecule has 0 radical (unpaired) electrons. The first-order valence-corrected chi connectivity index (χ1v) is 11.1. The summed E-state index contributed by atoms with van der Waals surface area (Å²) in [6, 6.07) is 19.2. The van der Waals surface area contributed by atoms with Crippen LogP contribution in [0.25, 0.3) is 0 Å². The van der Waals surface area contributed by atoms with Crippen molar-refractivity contribution in [1.82, 2.24) is 4.83 Å². The molecule has 32 heavy (non-hydrogen) atoms. The third kappa shape index (κ3) is 5.86. The summed E-state index contributed by atoms with van der Waals surface area (Å²) < 4.78 is 40.5. The van der Waals surface area contributed by atoms with Crippen LogP contribution in [0.4, 0.5) is 0 Å². The molecule has 0 aliphatic heterocycles. The number of nitrogens with one attached hydrogen (secondary N) is 1. The second-order valence-electron chi connectivity index (χ2n) is 6.42. The molecule has 0 saturated carbocycles. The van der Waals surface area contributed by atoms with Gasteiger partial charge in [0.1, 0.15) is 5.75 Å². The van der Waals surface area contributed by atoms with Crippen LogP contribution in [0.3, 0.4) is 0 Å². The van der Waals surface area contributed by atoms with Crippen molar-refractivity contribution in [3.8, 4) is 17.2 Å². The van der Waals surface area contributed by atoms with Gasteiger partial charge in [0, 0.05) is 0 Å². The van der Waals surface area contributed by atoms with Crippen molar-refractivity contribution in [2.75, 3.05) is 13.7 Å². The summed E-state index contributed by atoms with van der Waals surface area (Å²) in [6.07, 6.45) is 1.32. The number of carbonyl (C=O) groups excluding carboxylic acids is 1. The summed E-state index contributed by atoms with van der Waals surface area (Å²) in [5, 5.41) is 3.79. The van der Waals surface area contributed by atoms with Crippen LogP contribution in [0.1, 0.15) is 22.8 Å². The Bertz CT molecular complexity index is 1190. The predicted molar refractivity (Wildman–Crippen MR) is 120 cm³/mol. The summed E-state index contributed by atoms with van der Waals surface area (Å²) in [5.74, 6) is 0.615. The van der Waals surface area contributed by atoms with Crippen molar-refractivity contribution in [2.45, 2.75) is 11.8 Å². The smallest absolute Gasteiger partial charge is 0.343 e. The summed E-state index contributed by atoms with van der Waals surface area (Å²) in [4.78, 5) is 14.7. The minimum absolute atomic E-state index is 0.103. The minimum Gasteiger partial charge on any atom is -0.494 e. The van der Waals surface area contributed by atoms with Gasteiger partial charge in [-0.25, -0.2) is 9.63 Å². The van der Waals surface area contributed by atoms with Crippen molar-refractivity contribution in [1.29, 1.82) is 0 Å². The topological polar surface area (TPSA) is 103 Å². The van der Waals surface area contributed by atoms with Gasteiger partial charge in [-0.2, -0.15) is 13.5 Å². The average Bonchev–Trinajstić information content (AvgIpc) is 2.81. The average molecular weight is 455 g/mol. The van der Waals surface area contributed by atoms with Gasteiger partial charge in [0.2, 0.25) is 0 Å². The lowest BCUT2D eigenvalue weighted by molar-refractivity contribution is 0.0729. The van der Waals surface area contributed by atoms with Crippen LogP contribution in [0, 0.1) is 0 Å². The van der Waals surface area contributed by atoms with Gasteiger partial charge in [-0.1, -0.05) is 18.2 Å². The zero-order valence-corrected chi connectivity index (χ0v) is 18.3. The van der Waals surface area contributed by atoms with Crippen LogP contribution in [0.5, 0.6) is 17.2 Å². The maximum Gasteiger partial charge on any atom is 0.343 e. The highest BCUT2D eigenvalue weighted by atomic mass is 32.2. The second-order valence-corrected chi connectivity index (χ2v) is 8.08. The van der Waals surface area contributed by atoms with E-state index in [1.807, 2.05) is 6.92 Å². The molecule has 3 aromatic carbocycles. The van der Waals surface area contributed by atoms with E-state index in [4.69, 9.17) is 14.2 Å². The Kier molecular flexibility index (Phi) is 7.45. The number of rotatable bonds is 9. The summed E-state index contributed by atoms with van der Waals surface area (Å²) in [6.45, 7) is 2.41. The van der Waals surface area contributed by atoms with E-state index in [9.17, 15) is 13.2 Å². The number of methoxy groups -OCH3 is 1. The molecule has 166 valence electrons. The standard InChI is InChI=1S/C23H22N2O6S/c1-3-30-19-12-10-18(11-13-19)23(26)31-21-14-9-17(15-22(21)29-2)16-24-25-32(27,28)20-7-5-4-6-8-20/h4-16,25H,3H2,1-2H3. The van der Waals surface area contributed by atoms with Crippen molar-refractivity contribution in [3.05, 3.63) is 83.9 Å². The Morgan fingerprint density at radius 2 is 1.72 bits per heavy atom. The van der Waals surface area contributed by atoms with Crippen molar-refractivity contribution in [2.24, 2.45) is 5.10 Å². The Morgan fingerprint density at radius 3 is 2.38 bits per heavy atom. The van der Waals surface area contributed by atoms with Crippen LogP contribution in [-0.4, -0.2) is 34.3 Å². The van der Waals surface area contributed by atoms with E-state index in [2.05, 4.69) is 9.93 Å². The number of nitrogens with zero attached hydrogens (tertiary/aromatic N) is 1. The lowest BCUT2D eigenvalue weighted by atomic mass is 10.2. The predicted octanol–water partition coefficient (Wildman–Crippen LogP) is 3.63. The second kappa shape index (κ2) is 10.5. The highest BCUT2D eigenvalue weighted by Gasteiger charge is 2.14. The van der Waals surface area contributed by atoms with Gasteiger partial charge in [0.15, 0.2) is 11.5 Å². The Balaban J connectivity index is 1.69. The van der Waals surface area contributed by atoms with Gasteiger partial charge in [-0.3, -0.25) is 0 Å². The molecule has 0 atom stereocenters. The van der Waals surface area contributed by atoms with Crippen LogP contribution in [0.15, 0.2) is 82.8 Å². The fraction of sp³-hybridized carbons (Fsp3) is 0.130. The van der Waals surface area contributed by atoms with Gasteiger partial charge < -0.3 is 14.2 Å². The maximum atomic E-state index is 12.4. The largest absolute Gasteiger partial charge is 0.494 e. The minimum atomic E-state index is -3.77. The highest BCUT2D eigenvalue weighted by Crippen LogP contribution is 2.28. The number of esters is 1. The molecular formula is C23H22N2O6S. The molecule has 0 unspecified atom stereocenters. The third-order valence-corrected chi connectivity index (χ3v) is 5.47. The molecule has 0 heterocycles. The molecule has 0 aromatic heterocycles. The first-order chi connectivity index (χ1) is 15.4. The molecule has 0 saturated heterocycles. The van der Waals surface area contributed by atoms with Gasteiger partial charge >= 0.3 is 5.97 Å². The maximum absolute atomic E-state index is 12.4. The Labute approximate surface area is 186 Å². The molecule has 0 spiro atoms. The summed E-state index contributed by atoms with van der Waals surface area (Å²) in [5.41, 5.74) is 0.898. The first-order valence-electron chi connectivity index (χ1n) is 9.66. The van der Waals surface area contributed by atoms with E-state index in [0.29, 0.717) is 29.2 Å². The van der Waals surface area contributed by atoms with Gasteiger partial charge in [-0.15, -0.1) is 0 Å². The lowest BCUT2D eigenvalue weighted by Crippen LogP contribution is -2.18. The number of sulfonamides is 1. The molecule has 3 rings (SSSR count). The number of benzene rings is 3. The molecule has 0 fully saturated rings. The quantitative estimate of drug-likeness (QED) is 0.229. The molecular weight excluding hydrogens is 432 g/mol. The molecule has 3 aromatic rings. The Hall–Kier alpha value is -3.85. The normalized spacial score (nSPS) is 11.2. The SMILES string of the molecule is CCOc1ccc(C(=O)Oc2ccc(C=NNS(=O)(=O)c3ccccc3)cc2OC)cc1. The van der Waals surface area contributed by atoms with E-state index < -0.39 is 16.0 Å². The van der Waals surface area contributed by atoms with Gasteiger partial charge in [0.25, 0.3) is 10.0 Å². The van der Waals surface area contributed by atoms with E-state index in [0.717, 1.165) is 0 Å². The number of hydrazone groups is 1. The van der Waals surface area contributed by atoms with Gasteiger partial charge in [0.05, 0.1) is 30.4 Å². The molecule has 9 heteroatoms. The Morgan fingerprint density at radius 1 is 1.00 bits per heavy atom. The third-order valence-electron chi connectivity index (χ3n) is 4.23. The number of hydrogen-bond acceptors (Lipinski definition) is 7. The fourth-order valence-electron chi connectivity index (χ4n) is 2.68. The lowest BCUT2D eigenvalue weighted by Gasteiger charge is -2.10. The highest BCUT2D eigenvalue weighted by molar-refractivity contribution is 7.89. The fourth-order valence-corrected chi connectivity index (χ4v) is 3.50. The number of hydrogen-bond donors (Lipinski definition) is 1. The molecule has 0 aliphatic rings. The van der Waals surface area contributed by atoms with Crippen LogP contribution in [0.2, 0.25) is 0 Å². The number of ether oxygens (including phenoxy) is 3. The van der Waals surface area contributed by atoms with Crippen molar-refractivity contribution in [3.63, 3.8) is 0 Å². The van der Waals surface area contributed by atoms with Crippen LogP contribution >= 0.6 is 0 Å².